The topological polar surface area (TPSA) is 49.0 Å². The molecular formula is C8H14N2OS. The zero-order chi connectivity index (χ0) is 9.30. The van der Waals surface area contributed by atoms with Crippen LogP contribution in [0, 0.1) is 19.3 Å². The quantitative estimate of drug-likeness (QED) is 0.712. The van der Waals surface area contributed by atoms with E-state index in [9.17, 15) is 0 Å². The third-order valence-electron chi connectivity index (χ3n) is 1.86. The van der Waals surface area contributed by atoms with Gasteiger partial charge in [-0.25, -0.2) is 0 Å². The van der Waals surface area contributed by atoms with E-state index in [2.05, 4.69) is 0 Å². The van der Waals surface area contributed by atoms with Gasteiger partial charge in [0.25, 0.3) is 0 Å². The Labute approximate surface area is 75.8 Å². The third-order valence-corrected chi connectivity index (χ3v) is 2.87. The molecule has 4 heteroatoms. The average Bonchev–Trinajstić information content (AvgIpc) is 2.16. The maximum Gasteiger partial charge on any atom is 0.182 e. The highest BCUT2D eigenvalue weighted by Crippen LogP contribution is 2.09. The molecule has 0 aromatic carbocycles. The molecule has 0 radical (unpaired) electrons. The van der Waals surface area contributed by atoms with Crippen molar-refractivity contribution in [2.45, 2.75) is 33.4 Å². The first-order valence-corrected chi connectivity index (χ1v) is 4.73. The number of hydrogen-bond acceptors (Lipinski definition) is 3. The summed E-state index contributed by atoms with van der Waals surface area (Å²) in [6.07, 6.45) is -0.383. The molecule has 0 saturated heterocycles. The monoisotopic (exact) mass is 186 g/mol. The van der Waals surface area contributed by atoms with E-state index in [0.717, 1.165) is 10.6 Å². The van der Waals surface area contributed by atoms with E-state index in [1.54, 1.807) is 6.92 Å². The first-order valence-electron chi connectivity index (χ1n) is 3.92. The van der Waals surface area contributed by atoms with Crippen molar-refractivity contribution in [1.29, 1.82) is 5.41 Å². The minimum absolute atomic E-state index is 0.383. The highest BCUT2D eigenvalue weighted by atomic mass is 32.1. The lowest BCUT2D eigenvalue weighted by Crippen LogP contribution is -2.21. The largest absolute Gasteiger partial charge is 0.392 e. The molecule has 68 valence electrons. The number of nitrogens with one attached hydrogen (secondary N) is 1. The molecule has 1 rings (SSSR count). The van der Waals surface area contributed by atoms with Crippen molar-refractivity contribution in [2.75, 3.05) is 0 Å². The molecule has 0 spiro atoms. The number of aryl methyl sites for hydroxylation is 1. The van der Waals surface area contributed by atoms with Crippen molar-refractivity contribution in [3.05, 3.63) is 15.4 Å². The molecule has 1 aromatic heterocycles. The molecule has 0 saturated carbocycles. The summed E-state index contributed by atoms with van der Waals surface area (Å²) in [6, 6.07) is 0. The minimum atomic E-state index is -0.383. The van der Waals surface area contributed by atoms with E-state index in [4.69, 9.17) is 10.5 Å². The Bertz CT molecular complexity index is 324. The van der Waals surface area contributed by atoms with E-state index in [1.165, 1.54) is 11.3 Å². The number of aliphatic hydroxyl groups is 1. The molecule has 0 aliphatic rings. The van der Waals surface area contributed by atoms with Crippen molar-refractivity contribution < 1.29 is 5.11 Å². The first-order chi connectivity index (χ1) is 5.52. The lowest BCUT2D eigenvalue weighted by atomic mass is 10.3. The highest BCUT2D eigenvalue weighted by Gasteiger charge is 2.06. The van der Waals surface area contributed by atoms with Crippen LogP contribution in [0.2, 0.25) is 0 Å². The van der Waals surface area contributed by atoms with Crippen LogP contribution in [0.1, 0.15) is 17.5 Å². The van der Waals surface area contributed by atoms with E-state index in [1.807, 2.05) is 18.4 Å². The number of aliphatic hydroxyl groups excluding tert-OH is 1. The molecule has 1 heterocycles. The van der Waals surface area contributed by atoms with Crippen LogP contribution in [0.15, 0.2) is 0 Å². The fourth-order valence-corrected chi connectivity index (χ4v) is 1.97. The Hall–Kier alpha value is -0.610. The Morgan fingerprint density at radius 3 is 2.50 bits per heavy atom. The van der Waals surface area contributed by atoms with Gasteiger partial charge in [0.05, 0.1) is 12.6 Å². The van der Waals surface area contributed by atoms with Gasteiger partial charge in [0.2, 0.25) is 0 Å². The summed E-state index contributed by atoms with van der Waals surface area (Å²) >= 11 is 1.46. The molecule has 0 bridgehead atoms. The van der Waals surface area contributed by atoms with Crippen molar-refractivity contribution >= 4 is 11.3 Å². The van der Waals surface area contributed by atoms with Crippen LogP contribution in [-0.2, 0) is 6.54 Å². The lowest BCUT2D eigenvalue weighted by Gasteiger charge is -2.07. The third kappa shape index (κ3) is 1.76. The average molecular weight is 186 g/mol. The van der Waals surface area contributed by atoms with Gasteiger partial charge < -0.3 is 9.67 Å². The Balaban J connectivity index is 3.06. The summed E-state index contributed by atoms with van der Waals surface area (Å²) in [5, 5.41) is 16.8. The summed E-state index contributed by atoms with van der Waals surface area (Å²) in [6.45, 7) is 6.23. The minimum Gasteiger partial charge on any atom is -0.392 e. The van der Waals surface area contributed by atoms with E-state index < -0.39 is 0 Å². The van der Waals surface area contributed by atoms with Gasteiger partial charge in [0.15, 0.2) is 4.80 Å². The highest BCUT2D eigenvalue weighted by molar-refractivity contribution is 7.09. The van der Waals surface area contributed by atoms with Gasteiger partial charge >= 0.3 is 0 Å². The second-order valence-corrected chi connectivity index (χ2v) is 4.21. The summed E-state index contributed by atoms with van der Waals surface area (Å²) in [5.41, 5.74) is 1.09. The summed E-state index contributed by atoms with van der Waals surface area (Å²) < 4.78 is 1.84. The van der Waals surface area contributed by atoms with Crippen molar-refractivity contribution in [3.8, 4) is 0 Å². The van der Waals surface area contributed by atoms with Crippen molar-refractivity contribution in [1.82, 2.24) is 4.57 Å². The van der Waals surface area contributed by atoms with Crippen LogP contribution in [0.25, 0.3) is 0 Å². The van der Waals surface area contributed by atoms with Gasteiger partial charge in [-0.1, -0.05) is 0 Å². The van der Waals surface area contributed by atoms with Crippen LogP contribution in [0.3, 0.4) is 0 Å². The van der Waals surface area contributed by atoms with Gasteiger partial charge in [0, 0.05) is 10.6 Å². The van der Waals surface area contributed by atoms with Crippen LogP contribution < -0.4 is 4.80 Å². The zero-order valence-electron chi connectivity index (χ0n) is 7.59. The summed E-state index contributed by atoms with van der Waals surface area (Å²) in [7, 11) is 0. The zero-order valence-corrected chi connectivity index (χ0v) is 8.40. The molecule has 1 atom stereocenters. The molecule has 0 aliphatic heterocycles. The first kappa shape index (κ1) is 9.48. The van der Waals surface area contributed by atoms with Gasteiger partial charge in [-0.15, -0.1) is 11.3 Å². The molecule has 3 nitrogen and oxygen atoms in total. The number of thiazole rings is 1. The molecule has 0 fully saturated rings. The molecular weight excluding hydrogens is 172 g/mol. The Morgan fingerprint density at radius 1 is 1.58 bits per heavy atom. The standard InChI is InChI=1S/C8H14N2OS/c1-5(11)4-10-6(2)7(3)12-8(10)9/h5,9,11H,4H2,1-3H3. The van der Waals surface area contributed by atoms with Crippen molar-refractivity contribution in [2.24, 2.45) is 0 Å². The predicted octanol–water partition coefficient (Wildman–Crippen LogP) is 1.03. The molecule has 0 amide bonds. The maximum absolute atomic E-state index is 9.16. The second-order valence-electron chi connectivity index (χ2n) is 3.01. The maximum atomic E-state index is 9.16. The van der Waals surface area contributed by atoms with Gasteiger partial charge in [0.1, 0.15) is 0 Å². The van der Waals surface area contributed by atoms with Crippen molar-refractivity contribution in [3.63, 3.8) is 0 Å². The number of aromatic nitrogens is 1. The smallest absolute Gasteiger partial charge is 0.182 e. The molecule has 0 aliphatic carbocycles. The summed E-state index contributed by atoms with van der Waals surface area (Å²) in [4.78, 5) is 1.67. The molecule has 12 heavy (non-hydrogen) atoms. The van der Waals surface area contributed by atoms with Crippen LogP contribution in [-0.4, -0.2) is 15.8 Å². The van der Waals surface area contributed by atoms with E-state index >= 15 is 0 Å². The molecule has 1 aromatic rings. The summed E-state index contributed by atoms with van der Waals surface area (Å²) in [5.74, 6) is 0. The van der Waals surface area contributed by atoms with Crippen LogP contribution in [0.5, 0.6) is 0 Å². The SMILES string of the molecule is Cc1sc(=N)n(CC(C)O)c1C. The predicted molar refractivity (Wildman–Crippen MR) is 49.3 cm³/mol. The fourth-order valence-electron chi connectivity index (χ4n) is 1.10. The molecule has 1 unspecified atom stereocenters. The van der Waals surface area contributed by atoms with Gasteiger partial charge in [-0.05, 0) is 20.8 Å². The van der Waals surface area contributed by atoms with Gasteiger partial charge in [-0.3, -0.25) is 5.41 Å². The van der Waals surface area contributed by atoms with E-state index in [-0.39, 0.29) is 6.10 Å². The lowest BCUT2D eigenvalue weighted by molar-refractivity contribution is 0.171. The van der Waals surface area contributed by atoms with Crippen LogP contribution >= 0.6 is 11.3 Å². The number of hydrogen-bond donors (Lipinski definition) is 2. The normalized spacial score (nSPS) is 13.3. The number of rotatable bonds is 2. The fraction of sp³-hybridized carbons (Fsp3) is 0.625. The Kier molecular flexibility index (Phi) is 2.69. The Morgan fingerprint density at radius 2 is 2.17 bits per heavy atom. The van der Waals surface area contributed by atoms with E-state index in [0.29, 0.717) is 11.3 Å². The van der Waals surface area contributed by atoms with Gasteiger partial charge in [-0.2, -0.15) is 0 Å². The second kappa shape index (κ2) is 3.41. The molecule has 2 N–H and O–H groups in total. The van der Waals surface area contributed by atoms with Crippen LogP contribution in [0.4, 0.5) is 0 Å². The number of nitrogens with zero attached hydrogens (tertiary/aromatic N) is 1.